The van der Waals surface area contributed by atoms with E-state index < -0.39 is 0 Å². The number of anilines is 1. The van der Waals surface area contributed by atoms with Gasteiger partial charge in [-0.2, -0.15) is 5.26 Å². The summed E-state index contributed by atoms with van der Waals surface area (Å²) in [6, 6.07) is 11.1. The van der Waals surface area contributed by atoms with E-state index in [2.05, 4.69) is 77.2 Å². The van der Waals surface area contributed by atoms with Gasteiger partial charge in [-0.25, -0.2) is 0 Å². The van der Waals surface area contributed by atoms with Crippen molar-refractivity contribution in [1.29, 1.82) is 5.26 Å². The first kappa shape index (κ1) is 23.8. The minimum Gasteiger partial charge on any atom is -0.326 e. The highest BCUT2D eigenvalue weighted by Gasteiger charge is 2.46. The Kier molecular flexibility index (Phi) is 7.19. The van der Waals surface area contributed by atoms with Gasteiger partial charge in [-0.15, -0.1) is 0 Å². The predicted molar refractivity (Wildman–Crippen MR) is 129 cm³/mol. The van der Waals surface area contributed by atoms with Crippen LogP contribution in [-0.2, 0) is 4.79 Å². The van der Waals surface area contributed by atoms with Crippen LogP contribution in [0.2, 0.25) is 0 Å². The number of nitriles is 1. The van der Waals surface area contributed by atoms with Crippen LogP contribution in [0.3, 0.4) is 0 Å². The molecule has 2 aliphatic carbocycles. The van der Waals surface area contributed by atoms with E-state index in [9.17, 15) is 10.1 Å². The van der Waals surface area contributed by atoms with Crippen molar-refractivity contribution in [3.8, 4) is 6.07 Å². The zero-order valence-electron chi connectivity index (χ0n) is 20.5. The van der Waals surface area contributed by atoms with Crippen LogP contribution < -0.4 is 5.32 Å². The molecule has 0 spiro atoms. The number of hydrogen-bond donors (Lipinski definition) is 1. The Morgan fingerprint density at radius 3 is 2.06 bits per heavy atom. The maximum absolute atomic E-state index is 13.4. The number of hydrogen-bond acceptors (Lipinski definition) is 2. The normalized spacial score (nSPS) is 33.8. The molecule has 0 radical (unpaired) electrons. The summed E-state index contributed by atoms with van der Waals surface area (Å²) in [5.74, 6) is 2.47. The highest BCUT2D eigenvalue weighted by Crippen LogP contribution is 2.53. The molecule has 0 aliphatic heterocycles. The molecule has 3 heteroatoms. The maximum Gasteiger partial charge on any atom is 0.230 e. The van der Waals surface area contributed by atoms with Crippen molar-refractivity contribution in [3.05, 3.63) is 29.8 Å². The maximum atomic E-state index is 13.4. The molecular weight excluding hydrogens is 380 g/mol. The summed E-state index contributed by atoms with van der Waals surface area (Å²) < 4.78 is 0. The quantitative estimate of drug-likeness (QED) is 0.532. The van der Waals surface area contributed by atoms with Crippen LogP contribution in [0.15, 0.2) is 24.3 Å². The lowest BCUT2D eigenvalue weighted by Crippen LogP contribution is -2.43. The van der Waals surface area contributed by atoms with E-state index in [1.165, 1.54) is 5.56 Å². The molecule has 2 aliphatic rings. The molecule has 1 aromatic carbocycles. The van der Waals surface area contributed by atoms with Crippen molar-refractivity contribution >= 4 is 11.6 Å². The molecule has 31 heavy (non-hydrogen) atoms. The van der Waals surface area contributed by atoms with Crippen LogP contribution in [0.25, 0.3) is 0 Å². The topological polar surface area (TPSA) is 52.9 Å². The Labute approximate surface area is 190 Å². The third-order valence-electron chi connectivity index (χ3n) is 8.84. The first-order valence-corrected chi connectivity index (χ1v) is 12.5. The number of amides is 1. The summed E-state index contributed by atoms with van der Waals surface area (Å²) in [5, 5.41) is 13.4. The predicted octanol–water partition coefficient (Wildman–Crippen LogP) is 7.55. The summed E-state index contributed by atoms with van der Waals surface area (Å²) in [4.78, 5) is 13.4. The monoisotopic (exact) mass is 422 g/mol. The van der Waals surface area contributed by atoms with Gasteiger partial charge in [0.05, 0.1) is 16.9 Å². The highest BCUT2D eigenvalue weighted by atomic mass is 16.2. The van der Waals surface area contributed by atoms with Gasteiger partial charge in [0.2, 0.25) is 5.91 Å². The fourth-order valence-electron chi connectivity index (χ4n) is 6.18. The van der Waals surface area contributed by atoms with Gasteiger partial charge < -0.3 is 5.32 Å². The van der Waals surface area contributed by atoms with E-state index >= 15 is 0 Å². The fourth-order valence-corrected chi connectivity index (χ4v) is 6.18. The van der Waals surface area contributed by atoms with Gasteiger partial charge in [0.1, 0.15) is 0 Å². The number of nitrogens with zero attached hydrogens (tertiary/aromatic N) is 1. The summed E-state index contributed by atoms with van der Waals surface area (Å²) >= 11 is 0. The minimum atomic E-state index is -0.294. The molecule has 1 aromatic rings. The van der Waals surface area contributed by atoms with E-state index in [1.807, 2.05) is 0 Å². The molecule has 1 N–H and O–H groups in total. The lowest BCUT2D eigenvalue weighted by molar-refractivity contribution is -0.130. The molecule has 3 rings (SSSR count). The van der Waals surface area contributed by atoms with Crippen LogP contribution in [0.5, 0.6) is 0 Å². The molecule has 3 unspecified atom stereocenters. The van der Waals surface area contributed by atoms with Crippen LogP contribution in [0, 0.1) is 45.8 Å². The van der Waals surface area contributed by atoms with Gasteiger partial charge >= 0.3 is 0 Å². The molecule has 0 bridgehead atoms. The molecule has 1 amide bonds. The largest absolute Gasteiger partial charge is 0.326 e. The molecule has 3 atom stereocenters. The second-order valence-electron chi connectivity index (χ2n) is 11.3. The van der Waals surface area contributed by atoms with Gasteiger partial charge in [-0.3, -0.25) is 4.79 Å². The van der Waals surface area contributed by atoms with Crippen molar-refractivity contribution in [2.75, 3.05) is 5.32 Å². The number of carbonyl (C=O) groups is 1. The summed E-state index contributed by atoms with van der Waals surface area (Å²) in [6.07, 6.45) is 7.40. The summed E-state index contributed by atoms with van der Waals surface area (Å²) in [5.41, 5.74) is 1.57. The third kappa shape index (κ3) is 4.55. The molecule has 3 nitrogen and oxygen atoms in total. The van der Waals surface area contributed by atoms with E-state index in [0.29, 0.717) is 17.8 Å². The Morgan fingerprint density at radius 2 is 1.55 bits per heavy atom. The van der Waals surface area contributed by atoms with Crippen molar-refractivity contribution in [2.45, 2.75) is 92.4 Å². The van der Waals surface area contributed by atoms with E-state index in [0.717, 1.165) is 56.6 Å². The van der Waals surface area contributed by atoms with E-state index in [1.54, 1.807) is 0 Å². The first-order valence-electron chi connectivity index (χ1n) is 12.5. The average molecular weight is 423 g/mol. The molecular formula is C28H42N2O. The Balaban J connectivity index is 1.79. The summed E-state index contributed by atoms with van der Waals surface area (Å²) in [7, 11) is 0. The van der Waals surface area contributed by atoms with Gasteiger partial charge in [0.15, 0.2) is 0 Å². The van der Waals surface area contributed by atoms with Gasteiger partial charge in [0, 0.05) is 11.6 Å². The molecule has 0 aromatic heterocycles. The smallest absolute Gasteiger partial charge is 0.230 e. The second kappa shape index (κ2) is 9.35. The van der Waals surface area contributed by atoms with Crippen LogP contribution in [-0.4, -0.2) is 5.91 Å². The molecule has 170 valence electrons. The molecule has 2 fully saturated rings. The average Bonchev–Trinajstić information content (AvgIpc) is 2.74. The minimum absolute atomic E-state index is 0.182. The van der Waals surface area contributed by atoms with Gasteiger partial charge in [0.25, 0.3) is 0 Å². The first-order chi connectivity index (χ1) is 14.6. The van der Waals surface area contributed by atoms with Crippen molar-refractivity contribution < 1.29 is 4.79 Å². The van der Waals surface area contributed by atoms with Crippen molar-refractivity contribution in [1.82, 2.24) is 0 Å². The number of carbonyl (C=O) groups excluding carboxylic acids is 1. The van der Waals surface area contributed by atoms with Crippen molar-refractivity contribution in [2.24, 2.45) is 34.5 Å². The number of benzene rings is 1. The molecule has 0 saturated heterocycles. The Hall–Kier alpha value is -1.82. The zero-order chi connectivity index (χ0) is 22.8. The number of rotatable bonds is 5. The summed E-state index contributed by atoms with van der Waals surface area (Å²) in [6.45, 7) is 13.4. The molecule has 0 heterocycles. The lowest BCUT2D eigenvalue weighted by atomic mass is 9.57. The Bertz CT molecular complexity index is 795. The number of nitrogens with one attached hydrogen (secondary N) is 1. The van der Waals surface area contributed by atoms with Crippen LogP contribution in [0.1, 0.15) is 98.0 Å². The van der Waals surface area contributed by atoms with E-state index in [4.69, 9.17) is 0 Å². The van der Waals surface area contributed by atoms with Crippen LogP contribution in [0.4, 0.5) is 5.69 Å². The van der Waals surface area contributed by atoms with Gasteiger partial charge in [-0.1, -0.05) is 53.7 Å². The standard InChI is InChI=1S/C28H42N2O/c1-19(2)27(14-11-21(5)12-15-27)26(31)30-24-9-7-23(8-10-24)25-17-22(6)13-16-28(25,18-29)20(3)4/h7-10,19-22,25H,11-17H2,1-6H3,(H,30,31). The van der Waals surface area contributed by atoms with Crippen LogP contribution >= 0.6 is 0 Å². The third-order valence-corrected chi connectivity index (χ3v) is 8.84. The van der Waals surface area contributed by atoms with E-state index in [-0.39, 0.29) is 22.7 Å². The molecule has 2 saturated carbocycles. The zero-order valence-corrected chi connectivity index (χ0v) is 20.5. The fraction of sp³-hybridized carbons (Fsp3) is 0.714. The van der Waals surface area contributed by atoms with Gasteiger partial charge in [-0.05, 0) is 86.3 Å². The Morgan fingerprint density at radius 1 is 0.968 bits per heavy atom. The van der Waals surface area contributed by atoms with Crippen molar-refractivity contribution in [3.63, 3.8) is 0 Å². The second-order valence-corrected chi connectivity index (χ2v) is 11.3. The highest BCUT2D eigenvalue weighted by molar-refractivity contribution is 5.95. The SMILES string of the molecule is CC1CCC(C(=O)Nc2ccc(C3CC(C)CCC3(C#N)C(C)C)cc2)(C(C)C)CC1. The lowest BCUT2D eigenvalue weighted by Gasteiger charge is -2.44.